The van der Waals surface area contributed by atoms with Crippen molar-refractivity contribution in [3.63, 3.8) is 0 Å². The number of hydrogen-bond donors (Lipinski definition) is 1. The zero-order valence-electron chi connectivity index (χ0n) is 15.8. The number of aromatic nitrogens is 1. The van der Waals surface area contributed by atoms with Gasteiger partial charge in [-0.05, 0) is 35.6 Å². The van der Waals surface area contributed by atoms with Crippen molar-refractivity contribution in [3.05, 3.63) is 59.8 Å². The van der Waals surface area contributed by atoms with Crippen LogP contribution in [0.1, 0.15) is 30.4 Å². The third-order valence-corrected chi connectivity index (χ3v) is 6.43. The van der Waals surface area contributed by atoms with Crippen LogP contribution in [0.25, 0.3) is 0 Å². The Balaban J connectivity index is 1.77. The number of anilines is 1. The van der Waals surface area contributed by atoms with Gasteiger partial charge in [0.05, 0.1) is 5.92 Å². The van der Waals surface area contributed by atoms with Crippen LogP contribution in [0.2, 0.25) is 0 Å². The number of rotatable bonds is 6. The molecule has 1 aromatic heterocycles. The summed E-state index contributed by atoms with van der Waals surface area (Å²) in [5, 5.41) is -1.15. The molecule has 28 heavy (non-hydrogen) atoms. The minimum absolute atomic E-state index is 0.0662. The summed E-state index contributed by atoms with van der Waals surface area (Å²) >= 11 is 0. The first-order chi connectivity index (χ1) is 13.2. The first-order valence-corrected chi connectivity index (χ1v) is 10.9. The Morgan fingerprint density at radius 3 is 2.54 bits per heavy atom. The van der Waals surface area contributed by atoms with Gasteiger partial charge in [0.2, 0.25) is 11.8 Å². The molecular formula is C20H23N3O4S. The van der Waals surface area contributed by atoms with E-state index in [1.54, 1.807) is 12.1 Å². The molecule has 1 aliphatic rings. The molecule has 2 N–H and O–H groups in total. The lowest BCUT2D eigenvalue weighted by atomic mass is 9.89. The maximum Gasteiger partial charge on any atom is 0.236 e. The van der Waals surface area contributed by atoms with E-state index in [-0.39, 0.29) is 18.8 Å². The molecule has 0 spiro atoms. The molecule has 1 aromatic carbocycles. The molecule has 8 heteroatoms. The summed E-state index contributed by atoms with van der Waals surface area (Å²) in [4.78, 5) is 30.2. The molecule has 2 heterocycles. The van der Waals surface area contributed by atoms with Crippen molar-refractivity contribution < 1.29 is 18.0 Å². The van der Waals surface area contributed by atoms with Crippen molar-refractivity contribution in [1.29, 1.82) is 0 Å². The SMILES string of the molecule is C[C@@H](CC(=O)N1C(=O)C(Cc2ccnc(N)c2)[C@H]1S(C)(=O)=O)c1ccccc1. The molecule has 3 rings (SSSR count). The zero-order valence-corrected chi connectivity index (χ0v) is 16.6. The number of carbonyl (C=O) groups is 2. The second-order valence-electron chi connectivity index (χ2n) is 7.24. The normalized spacial score (nSPS) is 20.5. The predicted octanol–water partition coefficient (Wildman–Crippen LogP) is 1.76. The van der Waals surface area contributed by atoms with Crippen LogP contribution in [0.3, 0.4) is 0 Å². The number of benzene rings is 1. The number of imide groups is 1. The van der Waals surface area contributed by atoms with Gasteiger partial charge >= 0.3 is 0 Å². The van der Waals surface area contributed by atoms with Crippen molar-refractivity contribution in [1.82, 2.24) is 9.88 Å². The summed E-state index contributed by atoms with van der Waals surface area (Å²) in [6.07, 6.45) is 2.82. The van der Waals surface area contributed by atoms with Crippen molar-refractivity contribution >= 4 is 27.5 Å². The average Bonchev–Trinajstić information content (AvgIpc) is 2.63. The van der Waals surface area contributed by atoms with Crippen LogP contribution in [-0.2, 0) is 25.8 Å². The number of sulfone groups is 1. The fourth-order valence-electron chi connectivity index (χ4n) is 3.60. The maximum atomic E-state index is 12.7. The Kier molecular flexibility index (Phi) is 5.51. The summed E-state index contributed by atoms with van der Waals surface area (Å²) < 4.78 is 24.6. The fraction of sp³-hybridized carbons (Fsp3) is 0.350. The van der Waals surface area contributed by atoms with E-state index in [0.717, 1.165) is 16.7 Å². The molecule has 148 valence electrons. The largest absolute Gasteiger partial charge is 0.384 e. The third kappa shape index (κ3) is 4.06. The number of hydrogen-bond acceptors (Lipinski definition) is 6. The summed E-state index contributed by atoms with van der Waals surface area (Å²) in [5.41, 5.74) is 7.33. The molecule has 2 aromatic rings. The van der Waals surface area contributed by atoms with Gasteiger partial charge in [-0.15, -0.1) is 0 Å². The van der Waals surface area contributed by atoms with E-state index in [1.807, 2.05) is 37.3 Å². The number of amides is 2. The maximum absolute atomic E-state index is 12.7. The summed E-state index contributed by atoms with van der Waals surface area (Å²) in [7, 11) is -3.64. The van der Waals surface area contributed by atoms with Crippen molar-refractivity contribution in [2.45, 2.75) is 31.1 Å². The number of β-lactam (4-membered cyclic amide) rings is 1. The summed E-state index contributed by atoms with van der Waals surface area (Å²) in [6.45, 7) is 1.88. The first-order valence-electron chi connectivity index (χ1n) is 8.98. The highest BCUT2D eigenvalue weighted by molar-refractivity contribution is 7.91. The molecule has 3 atom stereocenters. The van der Waals surface area contributed by atoms with Crippen molar-refractivity contribution in [3.8, 4) is 0 Å². The topological polar surface area (TPSA) is 110 Å². The highest BCUT2D eigenvalue weighted by atomic mass is 32.2. The van der Waals surface area contributed by atoms with E-state index < -0.39 is 32.9 Å². The van der Waals surface area contributed by atoms with Crippen LogP contribution in [0.15, 0.2) is 48.7 Å². The van der Waals surface area contributed by atoms with Crippen molar-refractivity contribution in [2.75, 3.05) is 12.0 Å². The Labute approximate surface area is 164 Å². The average molecular weight is 401 g/mol. The second-order valence-corrected chi connectivity index (χ2v) is 9.38. The monoisotopic (exact) mass is 401 g/mol. The molecule has 0 radical (unpaired) electrons. The third-order valence-electron chi connectivity index (χ3n) is 5.01. The molecular weight excluding hydrogens is 378 g/mol. The number of pyridine rings is 1. The van der Waals surface area contributed by atoms with Gasteiger partial charge in [0.1, 0.15) is 5.82 Å². The molecule has 1 unspecified atom stereocenters. The van der Waals surface area contributed by atoms with Gasteiger partial charge in [-0.1, -0.05) is 37.3 Å². The highest BCUT2D eigenvalue weighted by Gasteiger charge is 2.55. The zero-order chi connectivity index (χ0) is 20.5. The lowest BCUT2D eigenvalue weighted by molar-refractivity contribution is -0.161. The van der Waals surface area contributed by atoms with E-state index in [9.17, 15) is 18.0 Å². The van der Waals surface area contributed by atoms with Gasteiger partial charge < -0.3 is 5.73 Å². The van der Waals surface area contributed by atoms with Gasteiger partial charge in [-0.2, -0.15) is 0 Å². The molecule has 0 bridgehead atoms. The van der Waals surface area contributed by atoms with Crippen LogP contribution in [0, 0.1) is 5.92 Å². The van der Waals surface area contributed by atoms with Crippen LogP contribution in [0.5, 0.6) is 0 Å². The molecule has 2 amide bonds. The van der Waals surface area contributed by atoms with Gasteiger partial charge in [-0.3, -0.25) is 14.5 Å². The molecule has 0 saturated carbocycles. The van der Waals surface area contributed by atoms with Crippen LogP contribution in [0.4, 0.5) is 5.82 Å². The molecule has 0 aliphatic carbocycles. The van der Waals surface area contributed by atoms with Crippen molar-refractivity contribution in [2.24, 2.45) is 5.92 Å². The Hall–Kier alpha value is -2.74. The van der Waals surface area contributed by atoms with E-state index >= 15 is 0 Å². The molecule has 1 fully saturated rings. The van der Waals surface area contributed by atoms with E-state index in [4.69, 9.17) is 5.73 Å². The molecule has 7 nitrogen and oxygen atoms in total. The minimum Gasteiger partial charge on any atom is -0.384 e. The lowest BCUT2D eigenvalue weighted by Gasteiger charge is -2.44. The van der Waals surface area contributed by atoms with Crippen LogP contribution < -0.4 is 5.73 Å². The lowest BCUT2D eigenvalue weighted by Crippen LogP contribution is -2.66. The Bertz CT molecular complexity index is 992. The Morgan fingerprint density at radius 1 is 1.25 bits per heavy atom. The first kappa shape index (κ1) is 20.0. The minimum atomic E-state index is -3.64. The smallest absolute Gasteiger partial charge is 0.236 e. The number of carbonyl (C=O) groups excluding carboxylic acids is 2. The number of nitrogens with zero attached hydrogens (tertiary/aromatic N) is 2. The van der Waals surface area contributed by atoms with Crippen LogP contribution in [-0.4, -0.2) is 41.7 Å². The quantitative estimate of drug-likeness (QED) is 0.739. The summed E-state index contributed by atoms with van der Waals surface area (Å²) in [5.74, 6) is -1.56. The van der Waals surface area contributed by atoms with Gasteiger partial charge in [-0.25, -0.2) is 13.4 Å². The van der Waals surface area contributed by atoms with Gasteiger partial charge in [0, 0.05) is 18.9 Å². The van der Waals surface area contributed by atoms with E-state index in [2.05, 4.69) is 4.98 Å². The second kappa shape index (κ2) is 7.71. The van der Waals surface area contributed by atoms with Crippen LogP contribution >= 0.6 is 0 Å². The standard InChI is InChI=1S/C20H23N3O4S/c1-13(15-6-4-3-5-7-15)10-18(24)23-19(25)16(20(23)28(2,26)27)11-14-8-9-22-17(21)12-14/h3-9,12-13,16,20H,10-11H2,1-2H3,(H2,21,22)/t13-,16?,20+/m0/s1. The number of nitrogens with two attached hydrogens (primary N) is 1. The van der Waals surface area contributed by atoms with Gasteiger partial charge in [0.15, 0.2) is 15.2 Å². The van der Waals surface area contributed by atoms with Gasteiger partial charge in [0.25, 0.3) is 0 Å². The fourth-order valence-corrected chi connectivity index (χ4v) is 5.02. The number of likely N-dealkylation sites (tertiary alicyclic amines) is 1. The molecule has 1 saturated heterocycles. The highest BCUT2D eigenvalue weighted by Crippen LogP contribution is 2.35. The predicted molar refractivity (Wildman–Crippen MR) is 106 cm³/mol. The van der Waals surface area contributed by atoms with E-state index in [1.165, 1.54) is 6.20 Å². The molecule has 1 aliphatic heterocycles. The number of nitrogen functional groups attached to an aromatic ring is 1. The summed E-state index contributed by atoms with van der Waals surface area (Å²) in [6, 6.07) is 12.7. The Morgan fingerprint density at radius 2 is 1.93 bits per heavy atom. The van der Waals surface area contributed by atoms with E-state index in [0.29, 0.717) is 11.4 Å².